The third-order valence-corrected chi connectivity index (χ3v) is 5.93. The zero-order valence-corrected chi connectivity index (χ0v) is 19.2. The van der Waals surface area contributed by atoms with Crippen LogP contribution in [0.3, 0.4) is 0 Å². The van der Waals surface area contributed by atoms with E-state index in [-0.39, 0.29) is 12.3 Å². The van der Waals surface area contributed by atoms with Gasteiger partial charge in [0.15, 0.2) is 0 Å². The van der Waals surface area contributed by atoms with Crippen LogP contribution < -0.4 is 0 Å². The molecule has 0 aliphatic rings. The zero-order valence-electron chi connectivity index (χ0n) is 19.2. The van der Waals surface area contributed by atoms with Crippen molar-refractivity contribution in [2.45, 2.75) is 51.7 Å². The molecule has 174 valence electrons. The molecular weight excluding hydrogens is 418 g/mol. The Morgan fingerprint density at radius 2 is 2.12 bits per heavy atom. The van der Waals surface area contributed by atoms with Gasteiger partial charge >= 0.3 is 5.97 Å². The zero-order chi connectivity index (χ0) is 23.8. The number of rotatable bonds is 12. The lowest BCUT2D eigenvalue weighted by Gasteiger charge is -2.17. The van der Waals surface area contributed by atoms with E-state index in [1.165, 1.54) is 0 Å². The standard InChI is InChI=1S/C26H31N3O4/c1-18(13-25(31)32)12-24(30)26-21-9-10-28-16-23(21)29(2)22(26)8-3-4-11-33-17-20-7-5-6-19(14-20)15-27/h5-7,9-10,14,16,18,24,30H,3-4,8,11-13,17H2,1-2H3,(H,31,32)/t18-,24?/m0/s1. The first-order valence-corrected chi connectivity index (χ1v) is 11.3. The molecule has 0 spiro atoms. The van der Waals surface area contributed by atoms with Crippen molar-refractivity contribution in [3.8, 4) is 6.07 Å². The summed E-state index contributed by atoms with van der Waals surface area (Å²) in [5.41, 5.74) is 4.50. The van der Waals surface area contributed by atoms with Crippen molar-refractivity contribution in [3.05, 3.63) is 65.1 Å². The van der Waals surface area contributed by atoms with Crippen LogP contribution in [0.1, 0.15) is 61.1 Å². The number of hydrogen-bond donors (Lipinski definition) is 2. The van der Waals surface area contributed by atoms with Gasteiger partial charge in [0.25, 0.3) is 0 Å². The van der Waals surface area contributed by atoms with E-state index in [0.29, 0.717) is 25.2 Å². The number of aryl methyl sites for hydroxylation is 1. The molecule has 0 amide bonds. The number of aliphatic carboxylic acids is 1. The molecule has 0 aliphatic heterocycles. The van der Waals surface area contributed by atoms with E-state index in [2.05, 4.69) is 15.6 Å². The van der Waals surface area contributed by atoms with E-state index >= 15 is 0 Å². The van der Waals surface area contributed by atoms with Crippen molar-refractivity contribution < 1.29 is 19.7 Å². The number of carboxylic acids is 1. The van der Waals surface area contributed by atoms with E-state index in [9.17, 15) is 9.90 Å². The van der Waals surface area contributed by atoms with Crippen LogP contribution in [0.5, 0.6) is 0 Å². The second kappa shape index (κ2) is 11.6. The van der Waals surface area contributed by atoms with E-state index in [0.717, 1.165) is 47.0 Å². The molecule has 2 heterocycles. The highest BCUT2D eigenvalue weighted by Crippen LogP contribution is 2.34. The number of fused-ring (bicyclic) bond motifs is 1. The molecule has 1 unspecified atom stereocenters. The third-order valence-electron chi connectivity index (χ3n) is 5.93. The first-order chi connectivity index (χ1) is 15.9. The van der Waals surface area contributed by atoms with E-state index in [4.69, 9.17) is 15.1 Å². The number of hydrogen-bond acceptors (Lipinski definition) is 5. The van der Waals surface area contributed by atoms with Gasteiger partial charge in [0, 0.05) is 42.9 Å². The average molecular weight is 450 g/mol. The minimum absolute atomic E-state index is 0.0350. The number of carboxylic acid groups (broad SMARTS) is 1. The van der Waals surface area contributed by atoms with Gasteiger partial charge in [-0.2, -0.15) is 5.26 Å². The van der Waals surface area contributed by atoms with E-state index in [1.807, 2.05) is 38.2 Å². The summed E-state index contributed by atoms with van der Waals surface area (Å²) >= 11 is 0. The molecule has 0 fully saturated rings. The Balaban J connectivity index is 1.62. The van der Waals surface area contributed by atoms with Crippen molar-refractivity contribution in [3.63, 3.8) is 0 Å². The van der Waals surface area contributed by atoms with Gasteiger partial charge in [0.05, 0.1) is 36.1 Å². The predicted molar refractivity (Wildman–Crippen MR) is 125 cm³/mol. The normalized spacial score (nSPS) is 13.0. The summed E-state index contributed by atoms with van der Waals surface area (Å²) in [4.78, 5) is 15.3. The number of aromatic nitrogens is 2. The van der Waals surface area contributed by atoms with Gasteiger partial charge in [-0.1, -0.05) is 19.1 Å². The highest BCUT2D eigenvalue weighted by atomic mass is 16.5. The molecule has 3 aromatic rings. The maximum absolute atomic E-state index is 11.0. The molecule has 7 heteroatoms. The molecule has 3 rings (SSSR count). The quantitative estimate of drug-likeness (QED) is 0.394. The number of carbonyl (C=O) groups is 1. The largest absolute Gasteiger partial charge is 0.481 e. The van der Waals surface area contributed by atoms with Gasteiger partial charge in [0.2, 0.25) is 0 Å². The summed E-state index contributed by atoms with van der Waals surface area (Å²) in [5.74, 6) is -0.980. The first-order valence-electron chi connectivity index (χ1n) is 11.3. The Bertz CT molecular complexity index is 1130. The predicted octanol–water partition coefficient (Wildman–Crippen LogP) is 4.52. The SMILES string of the molecule is C[C@H](CC(=O)O)CC(O)c1c(CCCCOCc2cccc(C#N)c2)n(C)c2cnccc12. The van der Waals surface area contributed by atoms with Gasteiger partial charge in [-0.05, 0) is 55.4 Å². The van der Waals surface area contributed by atoms with E-state index < -0.39 is 12.1 Å². The van der Waals surface area contributed by atoms with Crippen LogP contribution in [0, 0.1) is 17.2 Å². The van der Waals surface area contributed by atoms with Crippen molar-refractivity contribution in [2.24, 2.45) is 13.0 Å². The fourth-order valence-electron chi connectivity index (χ4n) is 4.33. The smallest absolute Gasteiger partial charge is 0.303 e. The summed E-state index contributed by atoms with van der Waals surface area (Å²) in [6.07, 6.45) is 5.75. The second-order valence-electron chi connectivity index (χ2n) is 8.59. The Kier molecular flexibility index (Phi) is 8.58. The average Bonchev–Trinajstić information content (AvgIpc) is 3.07. The minimum Gasteiger partial charge on any atom is -0.481 e. The molecule has 0 saturated heterocycles. The molecule has 2 aromatic heterocycles. The molecule has 2 atom stereocenters. The Labute approximate surface area is 194 Å². The summed E-state index contributed by atoms with van der Waals surface area (Å²) < 4.78 is 7.86. The van der Waals surface area contributed by atoms with E-state index in [1.54, 1.807) is 18.5 Å². The summed E-state index contributed by atoms with van der Waals surface area (Å²) in [6, 6.07) is 11.5. The van der Waals surface area contributed by atoms with Crippen LogP contribution in [0.25, 0.3) is 10.9 Å². The lowest BCUT2D eigenvalue weighted by molar-refractivity contribution is -0.138. The second-order valence-corrected chi connectivity index (χ2v) is 8.59. The first kappa shape index (κ1) is 24.4. The summed E-state index contributed by atoms with van der Waals surface area (Å²) in [5, 5.41) is 30.1. The Morgan fingerprint density at radius 3 is 2.88 bits per heavy atom. The Hall–Kier alpha value is -3.21. The van der Waals surface area contributed by atoms with Crippen LogP contribution in [0.4, 0.5) is 0 Å². The minimum atomic E-state index is -0.851. The van der Waals surface area contributed by atoms with Gasteiger partial charge in [-0.25, -0.2) is 0 Å². The van der Waals surface area contributed by atoms with Crippen LogP contribution in [-0.2, 0) is 29.6 Å². The molecule has 0 bridgehead atoms. The van der Waals surface area contributed by atoms with Gasteiger partial charge in [0.1, 0.15) is 0 Å². The van der Waals surface area contributed by atoms with Crippen LogP contribution in [-0.4, -0.2) is 32.3 Å². The maximum Gasteiger partial charge on any atom is 0.303 e. The molecule has 0 aliphatic carbocycles. The van der Waals surface area contributed by atoms with Crippen LogP contribution in [0.2, 0.25) is 0 Å². The highest BCUT2D eigenvalue weighted by molar-refractivity contribution is 5.85. The van der Waals surface area contributed by atoms with Crippen molar-refractivity contribution in [1.29, 1.82) is 5.26 Å². The Morgan fingerprint density at radius 1 is 1.30 bits per heavy atom. The van der Waals surface area contributed by atoms with Gasteiger partial charge in [-0.15, -0.1) is 0 Å². The van der Waals surface area contributed by atoms with Crippen LogP contribution >= 0.6 is 0 Å². The van der Waals surface area contributed by atoms with Crippen molar-refractivity contribution in [2.75, 3.05) is 6.61 Å². The summed E-state index contributed by atoms with van der Waals surface area (Å²) in [6.45, 7) is 2.93. The molecule has 33 heavy (non-hydrogen) atoms. The summed E-state index contributed by atoms with van der Waals surface area (Å²) in [7, 11) is 1.98. The highest BCUT2D eigenvalue weighted by Gasteiger charge is 2.23. The number of unbranched alkanes of at least 4 members (excludes halogenated alkanes) is 1. The number of pyridine rings is 1. The van der Waals surface area contributed by atoms with Crippen molar-refractivity contribution >= 4 is 16.9 Å². The lowest BCUT2D eigenvalue weighted by atomic mass is 9.93. The van der Waals surface area contributed by atoms with Crippen molar-refractivity contribution in [1.82, 2.24) is 9.55 Å². The third kappa shape index (κ3) is 6.41. The molecule has 7 nitrogen and oxygen atoms in total. The molecular formula is C26H31N3O4. The topological polar surface area (TPSA) is 108 Å². The van der Waals surface area contributed by atoms with Gasteiger partial charge < -0.3 is 19.5 Å². The molecule has 2 N–H and O–H groups in total. The number of nitriles is 1. The molecule has 0 radical (unpaired) electrons. The number of nitrogens with zero attached hydrogens (tertiary/aromatic N) is 3. The fourth-order valence-corrected chi connectivity index (χ4v) is 4.33. The number of aliphatic hydroxyl groups excluding tert-OH is 1. The number of ether oxygens (including phenoxy) is 1. The number of benzene rings is 1. The molecule has 0 saturated carbocycles. The van der Waals surface area contributed by atoms with Gasteiger partial charge in [-0.3, -0.25) is 9.78 Å². The number of aliphatic hydroxyl groups is 1. The fraction of sp³-hybridized carbons (Fsp3) is 0.423. The maximum atomic E-state index is 11.0. The van der Waals surface area contributed by atoms with Crippen LogP contribution in [0.15, 0.2) is 42.7 Å². The lowest BCUT2D eigenvalue weighted by Crippen LogP contribution is -2.11. The monoisotopic (exact) mass is 449 g/mol. The molecule has 1 aromatic carbocycles.